The van der Waals surface area contributed by atoms with Crippen LogP contribution in [-0.4, -0.2) is 95.5 Å². The standard InChI is InChI=1S/C27H32N8O10S2/c1-27(2)22(24(37)35(27)45-47(40,41)42)32-23(36)21(18-13-46-26(28)31-18)33-44-19(25(38)39)12-43-17-5-4-15-7-20(30-10-14-8-29-9-14)34(3)11-16(15)6-17/h4-7,11,13-14,19,22,29H,8-10,12H2,1-3H3,(H5,28,31,32,36,38,39,40,41,42)/p+1/b33-21-/t19?,22-/m1/s1. The van der Waals surface area contributed by atoms with Crippen LogP contribution in [0.2, 0.25) is 0 Å². The molecular formula is C27H33N8O10S2+. The minimum absolute atomic E-state index is 0.0645. The van der Waals surface area contributed by atoms with Gasteiger partial charge in [0.25, 0.3) is 23.7 Å². The topological polar surface area (TPSA) is 248 Å². The average Bonchev–Trinajstić information content (AvgIpc) is 3.40. The van der Waals surface area contributed by atoms with E-state index in [1.54, 1.807) is 12.1 Å². The van der Waals surface area contributed by atoms with Crippen molar-refractivity contribution >= 4 is 67.0 Å². The Balaban J connectivity index is 1.27. The lowest BCUT2D eigenvalue weighted by atomic mass is 9.84. The van der Waals surface area contributed by atoms with Gasteiger partial charge in [-0.15, -0.1) is 15.6 Å². The van der Waals surface area contributed by atoms with E-state index in [-0.39, 0.29) is 10.8 Å². The summed E-state index contributed by atoms with van der Waals surface area (Å²) in [5.41, 5.74) is 3.69. The van der Waals surface area contributed by atoms with E-state index in [1.165, 1.54) is 19.2 Å². The Kier molecular flexibility index (Phi) is 9.50. The number of ether oxygens (including phenoxy) is 1. The Morgan fingerprint density at radius 3 is 2.64 bits per heavy atom. The van der Waals surface area contributed by atoms with Crippen molar-refractivity contribution in [3.8, 4) is 5.75 Å². The third-order valence-corrected chi connectivity index (χ3v) is 8.56. The molecule has 3 aromatic rings. The summed E-state index contributed by atoms with van der Waals surface area (Å²) in [7, 11) is -3.10. The van der Waals surface area contributed by atoms with Gasteiger partial charge in [-0.25, -0.2) is 14.3 Å². The number of thiazole rings is 1. The summed E-state index contributed by atoms with van der Waals surface area (Å²) in [6, 6.07) is 5.97. The van der Waals surface area contributed by atoms with E-state index < -0.39 is 58.2 Å². The Bertz CT molecular complexity index is 1840. The van der Waals surface area contributed by atoms with Gasteiger partial charge in [0, 0.05) is 35.8 Å². The van der Waals surface area contributed by atoms with Crippen molar-refractivity contribution in [2.45, 2.75) is 31.5 Å². The van der Waals surface area contributed by atoms with Gasteiger partial charge in [0.15, 0.2) is 10.8 Å². The third-order valence-electron chi connectivity index (χ3n) is 7.55. The van der Waals surface area contributed by atoms with Gasteiger partial charge in [0.2, 0.25) is 0 Å². The zero-order valence-corrected chi connectivity index (χ0v) is 27.0. The number of carboxylic acid groups (broad SMARTS) is 1. The van der Waals surface area contributed by atoms with Crippen molar-refractivity contribution < 1.29 is 50.9 Å². The van der Waals surface area contributed by atoms with E-state index in [2.05, 4.69) is 30.4 Å². The van der Waals surface area contributed by atoms with Crippen LogP contribution in [0.1, 0.15) is 19.5 Å². The summed E-state index contributed by atoms with van der Waals surface area (Å²) in [6.07, 6.45) is 0.250. The molecule has 0 bridgehead atoms. The fourth-order valence-corrected chi connectivity index (χ4v) is 5.79. The number of nitrogens with two attached hydrogens (primary N) is 1. The van der Waals surface area contributed by atoms with E-state index in [0.717, 1.165) is 47.6 Å². The Morgan fingerprint density at radius 2 is 2.04 bits per heavy atom. The summed E-state index contributed by atoms with van der Waals surface area (Å²) in [5, 5.41) is 26.2. The molecule has 18 nitrogen and oxygen atoms in total. The number of β-lactam (4-membered cyclic amide) rings is 1. The lowest BCUT2D eigenvalue weighted by Gasteiger charge is -2.50. The molecule has 2 atom stereocenters. The highest BCUT2D eigenvalue weighted by Gasteiger charge is 2.58. The molecule has 2 aromatic heterocycles. The molecule has 1 aromatic carbocycles. The molecule has 7 N–H and O–H groups in total. The number of aliphatic carboxylic acids is 1. The first-order valence-electron chi connectivity index (χ1n) is 14.1. The minimum Gasteiger partial charge on any atom is -0.489 e. The predicted octanol–water partition coefficient (Wildman–Crippen LogP) is -0.573. The van der Waals surface area contributed by atoms with Gasteiger partial charge in [-0.1, -0.05) is 11.2 Å². The highest BCUT2D eigenvalue weighted by atomic mass is 32.3. The maximum atomic E-state index is 13.2. The number of carbonyl (C=O) groups excluding carboxylic acids is 2. The average molecular weight is 694 g/mol. The van der Waals surface area contributed by atoms with Crippen LogP contribution in [0, 0.1) is 5.92 Å². The maximum Gasteiger partial charge on any atom is 0.418 e. The van der Waals surface area contributed by atoms with Crippen LogP contribution >= 0.6 is 11.3 Å². The van der Waals surface area contributed by atoms with Crippen LogP contribution in [0.25, 0.3) is 10.8 Å². The van der Waals surface area contributed by atoms with E-state index >= 15 is 0 Å². The van der Waals surface area contributed by atoms with Crippen LogP contribution < -0.4 is 31.0 Å². The van der Waals surface area contributed by atoms with E-state index in [4.69, 9.17) is 19.9 Å². The third kappa shape index (κ3) is 7.68. The molecule has 2 fully saturated rings. The SMILES string of the molecule is C[n+]1cc2cc(OCC(O/N=C(\C(=O)N[C@@H]3C(=O)N(OS(=O)(=O)O)C3(C)C)c3csc(N)n3)C(=O)O)ccc2cc1NCC1CNC1. The molecule has 4 heterocycles. The fraction of sp³-hybridized carbons (Fsp3) is 0.407. The molecule has 5 rings (SSSR count). The van der Waals surface area contributed by atoms with Crippen molar-refractivity contribution in [3.63, 3.8) is 0 Å². The number of hydroxylamine groups is 2. The number of pyridine rings is 1. The van der Waals surface area contributed by atoms with E-state index in [1.807, 2.05) is 29.9 Å². The number of anilines is 2. The van der Waals surface area contributed by atoms with Gasteiger partial charge in [-0.2, -0.15) is 13.5 Å². The minimum atomic E-state index is -5.01. The number of nitrogens with zero attached hydrogens (tertiary/aromatic N) is 4. The molecule has 0 aliphatic carbocycles. The molecule has 1 unspecified atom stereocenters. The summed E-state index contributed by atoms with van der Waals surface area (Å²) in [6.45, 7) is 5.08. The number of amides is 2. The Morgan fingerprint density at radius 1 is 1.30 bits per heavy atom. The molecule has 2 aliphatic heterocycles. The predicted molar refractivity (Wildman–Crippen MR) is 167 cm³/mol. The van der Waals surface area contributed by atoms with Crippen LogP contribution in [0.15, 0.2) is 41.0 Å². The van der Waals surface area contributed by atoms with Gasteiger partial charge in [-0.3, -0.25) is 19.5 Å². The number of carboxylic acids is 1. The molecule has 2 aliphatic rings. The Labute approximate surface area is 272 Å². The van der Waals surface area contributed by atoms with Crippen molar-refractivity contribution in [3.05, 3.63) is 41.5 Å². The number of hydrogen-bond donors (Lipinski definition) is 6. The fourth-order valence-electron chi connectivity index (χ4n) is 4.79. The number of oxime groups is 1. The summed E-state index contributed by atoms with van der Waals surface area (Å²) in [5.74, 6) is -1.54. The van der Waals surface area contributed by atoms with Gasteiger partial charge in [-0.05, 0) is 31.4 Å². The van der Waals surface area contributed by atoms with Crippen molar-refractivity contribution in [1.29, 1.82) is 0 Å². The molecular weight excluding hydrogens is 660 g/mol. The quantitative estimate of drug-likeness (QED) is 0.0407. The van der Waals surface area contributed by atoms with E-state index in [9.17, 15) is 27.9 Å². The zero-order valence-electron chi connectivity index (χ0n) is 25.4. The first-order valence-corrected chi connectivity index (χ1v) is 16.4. The number of aryl methyl sites for hydroxylation is 1. The number of benzene rings is 1. The van der Waals surface area contributed by atoms with Gasteiger partial charge < -0.3 is 31.0 Å². The monoisotopic (exact) mass is 693 g/mol. The summed E-state index contributed by atoms with van der Waals surface area (Å²) >= 11 is 0.965. The van der Waals surface area contributed by atoms with Gasteiger partial charge >= 0.3 is 16.4 Å². The van der Waals surface area contributed by atoms with Gasteiger partial charge in [0.05, 0.1) is 25.3 Å². The van der Waals surface area contributed by atoms with Gasteiger partial charge in [0.1, 0.15) is 24.1 Å². The molecule has 2 saturated heterocycles. The second-order valence-electron chi connectivity index (χ2n) is 11.4. The largest absolute Gasteiger partial charge is 0.489 e. The first-order chi connectivity index (χ1) is 22.1. The molecule has 0 saturated carbocycles. The molecule has 252 valence electrons. The number of rotatable bonds is 14. The summed E-state index contributed by atoms with van der Waals surface area (Å²) < 4.78 is 43.1. The van der Waals surface area contributed by atoms with Crippen LogP contribution in [-0.2, 0) is 41.0 Å². The van der Waals surface area contributed by atoms with E-state index in [0.29, 0.717) is 16.7 Å². The first kappa shape index (κ1) is 33.7. The highest BCUT2D eigenvalue weighted by Crippen LogP contribution is 2.33. The number of nitrogen functional groups attached to an aromatic ring is 1. The van der Waals surface area contributed by atoms with Crippen molar-refractivity contribution in [2.24, 2.45) is 18.1 Å². The van der Waals surface area contributed by atoms with Crippen LogP contribution in [0.4, 0.5) is 10.9 Å². The normalized spacial score (nSPS) is 18.6. The second kappa shape index (κ2) is 13.2. The summed E-state index contributed by atoms with van der Waals surface area (Å²) in [4.78, 5) is 47.0. The number of hydrogen-bond acceptors (Lipinski definition) is 14. The zero-order chi connectivity index (χ0) is 34.1. The molecule has 2 amide bonds. The Hall–Kier alpha value is -4.63. The maximum absolute atomic E-state index is 13.2. The molecule has 0 radical (unpaired) electrons. The van der Waals surface area contributed by atoms with Crippen molar-refractivity contribution in [1.82, 2.24) is 20.7 Å². The molecule has 20 heteroatoms. The number of fused-ring (bicyclic) bond motifs is 1. The molecule has 47 heavy (non-hydrogen) atoms. The smallest absolute Gasteiger partial charge is 0.418 e. The van der Waals surface area contributed by atoms with Crippen LogP contribution in [0.3, 0.4) is 0 Å². The number of aromatic nitrogens is 2. The lowest BCUT2D eigenvalue weighted by molar-refractivity contribution is -0.655. The number of nitrogens with one attached hydrogen (secondary N) is 3. The van der Waals surface area contributed by atoms with Crippen molar-refractivity contribution in [2.75, 3.05) is 37.3 Å². The lowest BCUT2D eigenvalue weighted by Crippen LogP contribution is -2.76. The number of carbonyl (C=O) groups is 3. The second-order valence-corrected chi connectivity index (χ2v) is 13.3. The van der Waals surface area contributed by atoms with Crippen LogP contribution in [0.5, 0.6) is 5.75 Å². The molecule has 0 spiro atoms. The highest BCUT2D eigenvalue weighted by molar-refractivity contribution is 7.80.